The van der Waals surface area contributed by atoms with Crippen molar-refractivity contribution in [3.63, 3.8) is 0 Å². The highest BCUT2D eigenvalue weighted by Crippen LogP contribution is 2.22. The molecule has 0 heterocycles. The summed E-state index contributed by atoms with van der Waals surface area (Å²) in [4.78, 5) is 11.9. The first-order valence-corrected chi connectivity index (χ1v) is 8.54. The lowest BCUT2D eigenvalue weighted by molar-refractivity contribution is -0.116. The molecule has 0 fully saturated rings. The molecule has 0 aliphatic rings. The normalized spacial score (nSPS) is 12.0. The maximum Gasteiger partial charge on any atom is 0.262 e. The second kappa shape index (κ2) is 9.74. The van der Waals surface area contributed by atoms with Gasteiger partial charge in [-0.2, -0.15) is 0 Å². The predicted molar refractivity (Wildman–Crippen MR) is 108 cm³/mol. The monoisotopic (exact) mass is 373 g/mol. The number of ether oxygens (including phenoxy) is 2. The Hall–Kier alpha value is -2.64. The molecule has 0 aromatic heterocycles. The van der Waals surface area contributed by atoms with Crippen molar-refractivity contribution in [3.8, 4) is 5.75 Å². The number of fused-ring (bicyclic) bond motifs is 1. The van der Waals surface area contributed by atoms with Gasteiger partial charge in [0.2, 0.25) is 0 Å². The molecule has 138 valence electrons. The van der Waals surface area contributed by atoms with Crippen molar-refractivity contribution < 1.29 is 14.3 Å². The highest BCUT2D eigenvalue weighted by Gasteiger charge is 2.04. The van der Waals surface area contributed by atoms with E-state index in [2.05, 4.69) is 16.2 Å². The lowest BCUT2D eigenvalue weighted by Gasteiger charge is -2.15. The van der Waals surface area contributed by atoms with Gasteiger partial charge in [-0.1, -0.05) is 18.2 Å². The van der Waals surface area contributed by atoms with Gasteiger partial charge >= 0.3 is 0 Å². The Morgan fingerprint density at radius 3 is 2.62 bits per heavy atom. The minimum absolute atomic E-state index is 0.0451. The van der Waals surface area contributed by atoms with Gasteiger partial charge in [0.25, 0.3) is 5.91 Å². The SMILES string of the molecule is COC[C@H](C)NC(=S)NNC(=O)/C=C/c1ccc2cc(OC)ccc2c1. The number of thiocarbonyl (C=S) groups is 1. The van der Waals surface area contributed by atoms with Crippen molar-refractivity contribution >= 4 is 40.1 Å². The van der Waals surface area contributed by atoms with Gasteiger partial charge in [-0.15, -0.1) is 0 Å². The van der Waals surface area contributed by atoms with Gasteiger partial charge in [-0.05, 0) is 59.8 Å². The van der Waals surface area contributed by atoms with Gasteiger partial charge in [0.1, 0.15) is 5.75 Å². The summed E-state index contributed by atoms with van der Waals surface area (Å²) in [6.45, 7) is 2.44. The first-order chi connectivity index (χ1) is 12.5. The number of carbonyl (C=O) groups is 1. The largest absolute Gasteiger partial charge is 0.497 e. The van der Waals surface area contributed by atoms with Crippen molar-refractivity contribution in [2.24, 2.45) is 0 Å². The number of hydrogen-bond acceptors (Lipinski definition) is 4. The van der Waals surface area contributed by atoms with E-state index >= 15 is 0 Å². The molecule has 0 aliphatic heterocycles. The molecule has 1 atom stereocenters. The molecule has 0 radical (unpaired) electrons. The molecule has 0 unspecified atom stereocenters. The Morgan fingerprint density at radius 1 is 1.15 bits per heavy atom. The van der Waals surface area contributed by atoms with E-state index < -0.39 is 0 Å². The zero-order valence-electron chi connectivity index (χ0n) is 15.0. The summed E-state index contributed by atoms with van der Waals surface area (Å²) in [5.74, 6) is 0.513. The van der Waals surface area contributed by atoms with Crippen LogP contribution in [0, 0.1) is 0 Å². The number of benzene rings is 2. The number of hydrazine groups is 1. The van der Waals surface area contributed by atoms with Crippen molar-refractivity contribution in [3.05, 3.63) is 48.0 Å². The summed E-state index contributed by atoms with van der Waals surface area (Å²) >= 11 is 5.09. The van der Waals surface area contributed by atoms with Crippen LogP contribution in [0.15, 0.2) is 42.5 Å². The summed E-state index contributed by atoms with van der Waals surface area (Å²) in [7, 11) is 3.26. The fourth-order valence-electron chi connectivity index (χ4n) is 2.36. The van der Waals surface area contributed by atoms with E-state index in [4.69, 9.17) is 21.7 Å². The van der Waals surface area contributed by atoms with E-state index in [1.165, 1.54) is 6.08 Å². The molecule has 26 heavy (non-hydrogen) atoms. The predicted octanol–water partition coefficient (Wildman–Crippen LogP) is 2.39. The second-order valence-electron chi connectivity index (χ2n) is 5.75. The number of carbonyl (C=O) groups excluding carboxylic acids is 1. The average molecular weight is 373 g/mol. The number of nitrogens with one attached hydrogen (secondary N) is 3. The lowest BCUT2D eigenvalue weighted by atomic mass is 10.1. The van der Waals surface area contributed by atoms with Crippen molar-refractivity contribution in [1.82, 2.24) is 16.2 Å². The Morgan fingerprint density at radius 2 is 1.88 bits per heavy atom. The Kier molecular flexibility index (Phi) is 7.37. The van der Waals surface area contributed by atoms with Crippen LogP contribution >= 0.6 is 12.2 Å². The van der Waals surface area contributed by atoms with Gasteiger partial charge < -0.3 is 14.8 Å². The maximum atomic E-state index is 11.9. The highest BCUT2D eigenvalue weighted by atomic mass is 32.1. The standard InChI is InChI=1S/C19H23N3O3S/c1-13(12-24-2)20-19(26)22-21-18(23)9-5-14-4-6-16-11-17(25-3)8-7-15(16)10-14/h4-11,13H,12H2,1-3H3,(H,21,23)(H2,20,22,26)/b9-5+/t13-/m0/s1. The van der Waals surface area contributed by atoms with Crippen LogP contribution in [0.25, 0.3) is 16.8 Å². The van der Waals surface area contributed by atoms with Crippen LogP contribution in [0.4, 0.5) is 0 Å². The molecule has 2 aromatic carbocycles. The fourth-order valence-corrected chi connectivity index (χ4v) is 2.61. The van der Waals surface area contributed by atoms with E-state index in [9.17, 15) is 4.79 Å². The topological polar surface area (TPSA) is 71.6 Å². The molecular formula is C19H23N3O3S. The molecule has 2 aromatic rings. The smallest absolute Gasteiger partial charge is 0.262 e. The summed E-state index contributed by atoms with van der Waals surface area (Å²) in [6.07, 6.45) is 3.18. The number of amides is 1. The Balaban J connectivity index is 1.89. The van der Waals surface area contributed by atoms with E-state index in [-0.39, 0.29) is 11.9 Å². The van der Waals surface area contributed by atoms with Crippen LogP contribution < -0.4 is 20.9 Å². The Labute approximate surface area is 158 Å². The minimum atomic E-state index is -0.302. The number of methoxy groups -OCH3 is 2. The summed E-state index contributed by atoms with van der Waals surface area (Å²) in [6, 6.07) is 11.8. The van der Waals surface area contributed by atoms with Crippen molar-refractivity contribution in [2.45, 2.75) is 13.0 Å². The molecule has 7 heteroatoms. The van der Waals surface area contributed by atoms with E-state index in [1.807, 2.05) is 43.3 Å². The quantitative estimate of drug-likeness (QED) is 0.410. The molecule has 0 spiro atoms. The Bertz CT molecular complexity index is 808. The molecule has 0 aliphatic carbocycles. The van der Waals surface area contributed by atoms with Crippen LogP contribution in [0.2, 0.25) is 0 Å². The van der Waals surface area contributed by atoms with Crippen LogP contribution in [-0.4, -0.2) is 37.9 Å². The first kappa shape index (κ1) is 19.7. The zero-order chi connectivity index (χ0) is 18.9. The van der Waals surface area contributed by atoms with Crippen LogP contribution in [0.3, 0.4) is 0 Å². The average Bonchev–Trinajstić information content (AvgIpc) is 2.64. The maximum absolute atomic E-state index is 11.9. The molecule has 6 nitrogen and oxygen atoms in total. The third-order valence-electron chi connectivity index (χ3n) is 3.59. The summed E-state index contributed by atoms with van der Waals surface area (Å²) < 4.78 is 10.2. The van der Waals surface area contributed by atoms with Crippen LogP contribution in [0.1, 0.15) is 12.5 Å². The number of hydrogen-bond donors (Lipinski definition) is 3. The molecule has 3 N–H and O–H groups in total. The fraction of sp³-hybridized carbons (Fsp3) is 0.263. The van der Waals surface area contributed by atoms with Gasteiger partial charge in [0, 0.05) is 19.2 Å². The van der Waals surface area contributed by atoms with Crippen LogP contribution in [-0.2, 0) is 9.53 Å². The second-order valence-corrected chi connectivity index (χ2v) is 6.16. The van der Waals surface area contributed by atoms with Crippen molar-refractivity contribution in [2.75, 3.05) is 20.8 Å². The first-order valence-electron chi connectivity index (χ1n) is 8.13. The van der Waals surface area contributed by atoms with E-state index in [1.54, 1.807) is 20.3 Å². The summed E-state index contributed by atoms with van der Waals surface area (Å²) in [5.41, 5.74) is 6.09. The van der Waals surface area contributed by atoms with E-state index in [0.29, 0.717) is 11.7 Å². The highest BCUT2D eigenvalue weighted by molar-refractivity contribution is 7.80. The van der Waals surface area contributed by atoms with Gasteiger partial charge in [0.15, 0.2) is 5.11 Å². The third-order valence-corrected chi connectivity index (χ3v) is 3.81. The van der Waals surface area contributed by atoms with Gasteiger partial charge in [0.05, 0.1) is 13.7 Å². The molecule has 0 saturated heterocycles. The molecule has 0 bridgehead atoms. The lowest BCUT2D eigenvalue weighted by Crippen LogP contribution is -2.49. The van der Waals surface area contributed by atoms with Crippen molar-refractivity contribution in [1.29, 1.82) is 0 Å². The van der Waals surface area contributed by atoms with E-state index in [0.717, 1.165) is 22.1 Å². The van der Waals surface area contributed by atoms with Gasteiger partial charge in [-0.3, -0.25) is 15.6 Å². The van der Waals surface area contributed by atoms with Crippen LogP contribution in [0.5, 0.6) is 5.75 Å². The van der Waals surface area contributed by atoms with Gasteiger partial charge in [-0.25, -0.2) is 0 Å². The zero-order valence-corrected chi connectivity index (χ0v) is 15.9. The third kappa shape index (κ3) is 6.02. The summed E-state index contributed by atoms with van der Waals surface area (Å²) in [5, 5.41) is 5.47. The number of rotatable bonds is 6. The molecule has 1 amide bonds. The molecule has 0 saturated carbocycles. The molecular weight excluding hydrogens is 350 g/mol. The minimum Gasteiger partial charge on any atom is -0.497 e. The molecule has 2 rings (SSSR count).